The predicted molar refractivity (Wildman–Crippen MR) is 475 cm³/mol. The van der Waals surface area contributed by atoms with Gasteiger partial charge >= 0.3 is 0 Å². The first-order valence-corrected chi connectivity index (χ1v) is 38.6. The molecular formula is C107H78Ir3N5S-5. The van der Waals surface area contributed by atoms with E-state index in [4.69, 9.17) is 0 Å². The van der Waals surface area contributed by atoms with Crippen LogP contribution in [0, 0.1) is 58.0 Å². The van der Waals surface area contributed by atoms with Gasteiger partial charge in [-0.2, -0.15) is 0 Å². The van der Waals surface area contributed by atoms with E-state index in [-0.39, 0.29) is 60.3 Å². The standard InChI is InChI=1S/C36H22S.2C18H14N.2C12H10N.C11H8N.3Ir/c1-2-13-29-27(11-1)28-12-3-4-14-30(28)34-22-24(19-20-31(29)34)23-9-7-10-25(21-23)26-16-8-17-33-32-15-5-6-18-35(32)37-36(26)33;2*1-14-12-18(16-10-6-3-7-11-16)19-13-17(14)15-8-4-2-5-9-15;1-10-6-5-9-13-12(10)11-7-3-2-4-8-11;1-10-7-8-12(13-9-10)11-5-3-2-4-6-11;1-2-6-10(7-3-1)11-8-4-5-9-12-11;;;/h1-22H;2*2-10,12-13H,1H3;2-7,9H,1H3;2-5,7-9H,1H3;1-6,8-9H;;;/q;5*-1;;;. The first kappa shape index (κ1) is 83.2. The van der Waals surface area contributed by atoms with Gasteiger partial charge in [0.15, 0.2) is 0 Å². The van der Waals surface area contributed by atoms with Crippen molar-refractivity contribution in [3.8, 4) is 101 Å². The number of rotatable bonds is 9. The second-order valence-electron chi connectivity index (χ2n) is 27.2. The Morgan fingerprint density at radius 1 is 0.233 bits per heavy atom. The van der Waals surface area contributed by atoms with E-state index in [2.05, 4.69) is 258 Å². The molecule has 3 radical (unpaired) electrons. The first-order valence-electron chi connectivity index (χ1n) is 37.7. The number of benzene rings is 14. The Morgan fingerprint density at radius 2 is 0.647 bits per heavy atom. The van der Waals surface area contributed by atoms with Crippen molar-refractivity contribution in [2.24, 2.45) is 0 Å². The van der Waals surface area contributed by atoms with Crippen LogP contribution in [0.25, 0.3) is 153 Å². The van der Waals surface area contributed by atoms with E-state index in [1.54, 1.807) is 6.20 Å². The number of thiophene rings is 1. The molecule has 0 N–H and O–H groups in total. The molecule has 0 atom stereocenters. The summed E-state index contributed by atoms with van der Waals surface area (Å²) in [4.78, 5) is 22.0. The topological polar surface area (TPSA) is 64.5 Å². The number of pyridine rings is 5. The molecule has 0 saturated carbocycles. The molecule has 0 aliphatic rings. The monoisotopic (exact) mass is 2040 g/mol. The Morgan fingerprint density at radius 3 is 1.14 bits per heavy atom. The predicted octanol–water partition coefficient (Wildman–Crippen LogP) is 28.2. The van der Waals surface area contributed by atoms with Gasteiger partial charge in [0.25, 0.3) is 0 Å². The third-order valence-electron chi connectivity index (χ3n) is 19.5. The van der Waals surface area contributed by atoms with E-state index < -0.39 is 0 Å². The molecular weight excluding hydrogens is 1960 g/mol. The van der Waals surface area contributed by atoms with Gasteiger partial charge in [0.1, 0.15) is 0 Å². The molecule has 20 rings (SSSR count). The third kappa shape index (κ3) is 20.5. The molecule has 0 unspecified atom stereocenters. The van der Waals surface area contributed by atoms with Crippen molar-refractivity contribution in [3.05, 3.63) is 454 Å². The summed E-state index contributed by atoms with van der Waals surface area (Å²) >= 11 is 1.89. The fourth-order valence-electron chi connectivity index (χ4n) is 13.8. The number of aryl methyl sites for hydroxylation is 4. The summed E-state index contributed by atoms with van der Waals surface area (Å²) in [6, 6.07) is 143. The van der Waals surface area contributed by atoms with E-state index in [9.17, 15) is 0 Å². The zero-order chi connectivity index (χ0) is 76.9. The van der Waals surface area contributed by atoms with Crippen molar-refractivity contribution in [2.45, 2.75) is 27.7 Å². The number of hydrogen-bond donors (Lipinski definition) is 0. The molecule has 569 valence electrons. The van der Waals surface area contributed by atoms with Gasteiger partial charge in [0.05, 0.1) is 0 Å². The van der Waals surface area contributed by atoms with Gasteiger partial charge in [0.2, 0.25) is 0 Å². The Hall–Kier alpha value is -12.2. The maximum atomic E-state index is 4.55. The number of nitrogens with zero attached hydrogens (tertiary/aromatic N) is 5. The minimum atomic E-state index is 0. The molecule has 116 heavy (non-hydrogen) atoms. The number of fused-ring (bicyclic) bond motifs is 9. The Labute approximate surface area is 724 Å². The van der Waals surface area contributed by atoms with Gasteiger partial charge in [-0.25, -0.2) is 0 Å². The van der Waals surface area contributed by atoms with Gasteiger partial charge in [-0.15, -0.1) is 191 Å². The van der Waals surface area contributed by atoms with Crippen LogP contribution in [0.2, 0.25) is 0 Å². The molecule has 0 fully saturated rings. The van der Waals surface area contributed by atoms with Crippen molar-refractivity contribution in [3.63, 3.8) is 0 Å². The van der Waals surface area contributed by atoms with Gasteiger partial charge in [-0.1, -0.05) is 224 Å². The summed E-state index contributed by atoms with van der Waals surface area (Å²) in [6.45, 7) is 8.33. The molecule has 14 aromatic carbocycles. The van der Waals surface area contributed by atoms with Crippen LogP contribution in [0.4, 0.5) is 0 Å². The molecule has 9 heteroatoms. The van der Waals surface area contributed by atoms with E-state index in [0.717, 1.165) is 56.3 Å². The SMILES string of the molecule is Cc1cc(-c2[c-]cccc2)ncc1-c1ccccc1.Cc1cc(-c2[c-]cccc2)ncc1-c1ccccc1.Cc1ccc(-c2[c-]cccc2)nc1.Cc1cccnc1-c1[c-]cccc1.[Ir].[Ir].[Ir].[c-]1ccccc1-c1ccccn1.c1cc(-c2ccc3c4ccccc4c4ccccc4c3c2)cc(-c2cccc3c2sc2ccccc23)c1. The van der Waals surface area contributed by atoms with Crippen molar-refractivity contribution in [2.75, 3.05) is 0 Å². The minimum absolute atomic E-state index is 0. The zero-order valence-corrected chi connectivity index (χ0v) is 72.3. The average molecular weight is 2040 g/mol. The molecule has 6 heterocycles. The Balaban J connectivity index is 0.000000135. The minimum Gasteiger partial charge on any atom is -0.305 e. The normalized spacial score (nSPS) is 10.4. The van der Waals surface area contributed by atoms with Crippen LogP contribution in [-0.4, -0.2) is 24.9 Å². The average Bonchev–Trinajstić information content (AvgIpc) is 0.895. The van der Waals surface area contributed by atoms with E-state index in [1.807, 2.05) is 231 Å². The Kier molecular flexibility index (Phi) is 29.5. The van der Waals surface area contributed by atoms with Gasteiger partial charge in [-0.05, 0) is 169 Å². The maximum absolute atomic E-state index is 4.55. The van der Waals surface area contributed by atoms with Crippen LogP contribution in [0.5, 0.6) is 0 Å². The quantitative estimate of drug-likeness (QED) is 0.106. The van der Waals surface area contributed by atoms with Crippen LogP contribution in [0.1, 0.15) is 22.3 Å². The van der Waals surface area contributed by atoms with Crippen molar-refractivity contribution < 1.29 is 60.3 Å². The first-order chi connectivity index (χ1) is 55.7. The molecule has 0 spiro atoms. The van der Waals surface area contributed by atoms with Crippen LogP contribution < -0.4 is 0 Å². The summed E-state index contributed by atoms with van der Waals surface area (Å²) in [6.07, 6.45) is 9.36. The molecule has 0 aliphatic carbocycles. The Bertz CT molecular complexity index is 6310. The van der Waals surface area contributed by atoms with Gasteiger partial charge < -0.3 is 24.9 Å². The smallest absolute Gasteiger partial charge is 0.0433 e. The number of hydrogen-bond acceptors (Lipinski definition) is 6. The van der Waals surface area contributed by atoms with Crippen LogP contribution >= 0.6 is 11.3 Å². The molecule has 0 aliphatic heterocycles. The number of aromatic nitrogens is 5. The molecule has 20 aromatic rings. The van der Waals surface area contributed by atoms with Crippen LogP contribution in [0.3, 0.4) is 0 Å². The van der Waals surface area contributed by atoms with Crippen LogP contribution in [-0.2, 0) is 60.3 Å². The molecule has 0 bridgehead atoms. The summed E-state index contributed by atoms with van der Waals surface area (Å²) in [5.74, 6) is 0. The summed E-state index contributed by atoms with van der Waals surface area (Å²) in [7, 11) is 0. The van der Waals surface area contributed by atoms with E-state index in [0.29, 0.717) is 0 Å². The van der Waals surface area contributed by atoms with E-state index in [1.165, 1.54) is 119 Å². The second kappa shape index (κ2) is 41.2. The fourth-order valence-corrected chi connectivity index (χ4v) is 15.1. The van der Waals surface area contributed by atoms with Gasteiger partial charge in [0, 0.05) is 123 Å². The summed E-state index contributed by atoms with van der Waals surface area (Å²) in [5, 5.41) is 10.6. The maximum Gasteiger partial charge on any atom is 0.0433 e. The fraction of sp³-hybridized carbons (Fsp3) is 0.0374. The van der Waals surface area contributed by atoms with Crippen molar-refractivity contribution in [1.29, 1.82) is 0 Å². The zero-order valence-electron chi connectivity index (χ0n) is 64.2. The van der Waals surface area contributed by atoms with Crippen molar-refractivity contribution >= 4 is 63.8 Å². The molecule has 0 amide bonds. The second-order valence-corrected chi connectivity index (χ2v) is 28.3. The summed E-state index contributed by atoms with van der Waals surface area (Å²) < 4.78 is 2.70. The van der Waals surface area contributed by atoms with Crippen molar-refractivity contribution in [1.82, 2.24) is 24.9 Å². The molecule has 6 aromatic heterocycles. The largest absolute Gasteiger partial charge is 0.305 e. The summed E-state index contributed by atoms with van der Waals surface area (Å²) in [5.41, 5.74) is 24.8. The van der Waals surface area contributed by atoms with E-state index >= 15 is 0 Å². The van der Waals surface area contributed by atoms with Crippen LogP contribution in [0.15, 0.2) is 401 Å². The van der Waals surface area contributed by atoms with Gasteiger partial charge in [-0.3, -0.25) is 0 Å². The molecule has 0 saturated heterocycles. The molecule has 5 nitrogen and oxygen atoms in total. The third-order valence-corrected chi connectivity index (χ3v) is 20.8.